The van der Waals surface area contributed by atoms with Crippen LogP contribution in [-0.4, -0.2) is 66.1 Å². The van der Waals surface area contributed by atoms with Gasteiger partial charge in [-0.2, -0.15) is 0 Å². The Morgan fingerprint density at radius 2 is 2.08 bits per heavy atom. The number of rotatable bonds is 6. The molecule has 0 aromatic heterocycles. The zero-order valence-electron chi connectivity index (χ0n) is 15.2. The van der Waals surface area contributed by atoms with E-state index in [1.54, 1.807) is 19.1 Å². The fraction of sp³-hybridized carbons (Fsp3) is 0.556. The molecular formula is C18H27ClFN3O3. The fourth-order valence-corrected chi connectivity index (χ4v) is 3.15. The molecule has 1 unspecified atom stereocenters. The molecule has 6 nitrogen and oxygen atoms in total. The van der Waals surface area contributed by atoms with Crippen molar-refractivity contribution >= 4 is 30.0 Å². The van der Waals surface area contributed by atoms with Gasteiger partial charge in [-0.1, -0.05) is 6.07 Å². The summed E-state index contributed by atoms with van der Waals surface area (Å²) in [5.74, 6) is -1.33. The second kappa shape index (κ2) is 10.4. The van der Waals surface area contributed by atoms with Crippen molar-refractivity contribution in [2.75, 3.05) is 38.5 Å². The first-order chi connectivity index (χ1) is 11.8. The number of hydrogen-bond acceptors (Lipinski definition) is 4. The number of hydrogen-bond donors (Lipinski definition) is 2. The molecule has 1 atom stereocenters. The number of carbonyl (C=O) groups excluding carboxylic acids is 1. The Bertz CT molecular complexity index is 630. The molecule has 1 saturated heterocycles. The van der Waals surface area contributed by atoms with Crippen LogP contribution in [-0.2, 0) is 9.59 Å². The topological polar surface area (TPSA) is 72.9 Å². The molecule has 1 fully saturated rings. The van der Waals surface area contributed by atoms with Crippen LogP contribution in [0.25, 0.3) is 0 Å². The lowest BCUT2D eigenvalue weighted by Crippen LogP contribution is -2.37. The average molecular weight is 388 g/mol. The Balaban J connectivity index is 0.00000338. The summed E-state index contributed by atoms with van der Waals surface area (Å²) in [6.45, 7) is 3.50. The SMILES string of the molecule is Cc1ccc(NC(=O)CN2CCCC(N(C)CC(=O)O)CC2)cc1F.Cl. The van der Waals surface area contributed by atoms with Crippen LogP contribution in [0.2, 0.25) is 0 Å². The minimum absolute atomic E-state index is 0. The largest absolute Gasteiger partial charge is 0.480 e. The summed E-state index contributed by atoms with van der Waals surface area (Å²) in [7, 11) is 1.83. The van der Waals surface area contributed by atoms with Gasteiger partial charge in [0.15, 0.2) is 0 Å². The van der Waals surface area contributed by atoms with Crippen molar-refractivity contribution in [1.29, 1.82) is 0 Å². The normalized spacial score (nSPS) is 18.1. The van der Waals surface area contributed by atoms with Crippen molar-refractivity contribution in [2.24, 2.45) is 0 Å². The summed E-state index contributed by atoms with van der Waals surface area (Å²) >= 11 is 0. The number of nitrogens with zero attached hydrogens (tertiary/aromatic N) is 2. The van der Waals surface area contributed by atoms with E-state index in [0.717, 1.165) is 32.4 Å². The van der Waals surface area contributed by atoms with Gasteiger partial charge in [0.1, 0.15) is 5.82 Å². The summed E-state index contributed by atoms with van der Waals surface area (Å²) < 4.78 is 13.5. The minimum atomic E-state index is -0.826. The molecule has 1 heterocycles. The van der Waals surface area contributed by atoms with Crippen molar-refractivity contribution < 1.29 is 19.1 Å². The lowest BCUT2D eigenvalue weighted by atomic mass is 10.1. The van der Waals surface area contributed by atoms with Gasteiger partial charge in [0.25, 0.3) is 0 Å². The van der Waals surface area contributed by atoms with Crippen molar-refractivity contribution in [3.63, 3.8) is 0 Å². The van der Waals surface area contributed by atoms with Crippen LogP contribution in [0.5, 0.6) is 0 Å². The van der Waals surface area contributed by atoms with E-state index in [2.05, 4.69) is 10.2 Å². The molecule has 146 valence electrons. The van der Waals surface area contributed by atoms with E-state index >= 15 is 0 Å². The number of benzene rings is 1. The molecule has 1 amide bonds. The summed E-state index contributed by atoms with van der Waals surface area (Å²) in [6, 6.07) is 4.87. The van der Waals surface area contributed by atoms with E-state index in [9.17, 15) is 14.0 Å². The maximum atomic E-state index is 13.5. The number of halogens is 2. The second-order valence-electron chi connectivity index (χ2n) is 6.68. The number of likely N-dealkylation sites (tertiary alicyclic amines) is 1. The first-order valence-electron chi connectivity index (χ1n) is 8.55. The van der Waals surface area contributed by atoms with Gasteiger partial charge < -0.3 is 10.4 Å². The van der Waals surface area contributed by atoms with Crippen LogP contribution < -0.4 is 5.32 Å². The molecule has 0 spiro atoms. The van der Waals surface area contributed by atoms with Gasteiger partial charge in [-0.15, -0.1) is 12.4 Å². The molecule has 1 aliphatic rings. The van der Waals surface area contributed by atoms with Crippen LogP contribution in [0.15, 0.2) is 18.2 Å². The highest BCUT2D eigenvalue weighted by Gasteiger charge is 2.22. The maximum absolute atomic E-state index is 13.5. The highest BCUT2D eigenvalue weighted by atomic mass is 35.5. The molecule has 1 aromatic rings. The second-order valence-corrected chi connectivity index (χ2v) is 6.68. The highest BCUT2D eigenvalue weighted by molar-refractivity contribution is 5.92. The van der Waals surface area contributed by atoms with Gasteiger partial charge in [-0.05, 0) is 57.5 Å². The van der Waals surface area contributed by atoms with Crippen molar-refractivity contribution in [3.05, 3.63) is 29.6 Å². The van der Waals surface area contributed by atoms with Gasteiger partial charge >= 0.3 is 5.97 Å². The fourth-order valence-electron chi connectivity index (χ4n) is 3.15. The molecular weight excluding hydrogens is 361 g/mol. The van der Waals surface area contributed by atoms with E-state index in [1.165, 1.54) is 6.07 Å². The van der Waals surface area contributed by atoms with E-state index in [4.69, 9.17) is 5.11 Å². The number of carboxylic acid groups (broad SMARTS) is 1. The van der Waals surface area contributed by atoms with Crippen molar-refractivity contribution in [2.45, 2.75) is 32.2 Å². The molecule has 0 saturated carbocycles. The summed E-state index contributed by atoms with van der Waals surface area (Å²) in [5.41, 5.74) is 1.00. The third kappa shape index (κ3) is 6.90. The number of carboxylic acids is 1. The highest BCUT2D eigenvalue weighted by Crippen LogP contribution is 2.17. The molecule has 1 aliphatic heterocycles. The van der Waals surface area contributed by atoms with Crippen molar-refractivity contribution in [1.82, 2.24) is 9.80 Å². The lowest BCUT2D eigenvalue weighted by Gasteiger charge is -2.25. The first-order valence-corrected chi connectivity index (χ1v) is 8.55. The zero-order valence-corrected chi connectivity index (χ0v) is 16.0. The monoisotopic (exact) mass is 387 g/mol. The Morgan fingerprint density at radius 1 is 1.35 bits per heavy atom. The number of nitrogens with one attached hydrogen (secondary N) is 1. The third-order valence-electron chi connectivity index (χ3n) is 4.62. The minimum Gasteiger partial charge on any atom is -0.480 e. The number of carbonyl (C=O) groups is 2. The summed E-state index contributed by atoms with van der Waals surface area (Å²) in [6.07, 6.45) is 2.67. The average Bonchev–Trinajstić information content (AvgIpc) is 2.76. The molecule has 26 heavy (non-hydrogen) atoms. The Hall–Kier alpha value is -1.70. The molecule has 2 rings (SSSR count). The smallest absolute Gasteiger partial charge is 0.317 e. The Labute approximate surface area is 159 Å². The number of likely N-dealkylation sites (N-methyl/N-ethyl adjacent to an activating group) is 1. The number of anilines is 1. The van der Waals surface area contributed by atoms with Gasteiger partial charge in [-0.3, -0.25) is 19.4 Å². The Kier molecular flexibility index (Phi) is 8.98. The molecule has 0 bridgehead atoms. The van der Waals surface area contributed by atoms with Gasteiger partial charge in [-0.25, -0.2) is 4.39 Å². The van der Waals surface area contributed by atoms with E-state index in [-0.39, 0.29) is 43.3 Å². The predicted octanol–water partition coefficient (Wildman–Crippen LogP) is 2.37. The van der Waals surface area contributed by atoms with Crippen LogP contribution in [0, 0.1) is 12.7 Å². The zero-order chi connectivity index (χ0) is 18.4. The molecule has 1 aromatic carbocycles. The standard InChI is InChI=1S/C18H26FN3O3.ClH/c1-13-5-6-14(10-16(13)19)20-17(23)11-22-8-3-4-15(7-9-22)21(2)12-18(24)25;/h5-6,10,15H,3-4,7-9,11-12H2,1-2H3,(H,20,23)(H,24,25);1H. The van der Waals surface area contributed by atoms with Crippen LogP contribution in [0.4, 0.5) is 10.1 Å². The van der Waals surface area contributed by atoms with E-state index in [1.807, 2.05) is 11.9 Å². The third-order valence-corrected chi connectivity index (χ3v) is 4.62. The van der Waals surface area contributed by atoms with E-state index < -0.39 is 5.97 Å². The van der Waals surface area contributed by atoms with E-state index in [0.29, 0.717) is 11.3 Å². The van der Waals surface area contributed by atoms with Crippen molar-refractivity contribution in [3.8, 4) is 0 Å². The number of amides is 1. The number of aryl methyl sites for hydroxylation is 1. The predicted molar refractivity (Wildman–Crippen MR) is 101 cm³/mol. The quantitative estimate of drug-likeness (QED) is 0.784. The van der Waals surface area contributed by atoms with Gasteiger partial charge in [0.2, 0.25) is 5.91 Å². The molecule has 2 N–H and O–H groups in total. The van der Waals surface area contributed by atoms with Crippen LogP contribution >= 0.6 is 12.4 Å². The molecule has 0 radical (unpaired) electrons. The first kappa shape index (κ1) is 22.3. The molecule has 8 heteroatoms. The maximum Gasteiger partial charge on any atom is 0.317 e. The van der Waals surface area contributed by atoms with Crippen LogP contribution in [0.1, 0.15) is 24.8 Å². The number of aliphatic carboxylic acids is 1. The van der Waals surface area contributed by atoms with Crippen LogP contribution in [0.3, 0.4) is 0 Å². The van der Waals surface area contributed by atoms with Gasteiger partial charge in [0, 0.05) is 18.3 Å². The Morgan fingerprint density at radius 3 is 2.73 bits per heavy atom. The van der Waals surface area contributed by atoms with Gasteiger partial charge in [0.05, 0.1) is 13.1 Å². The summed E-state index contributed by atoms with van der Waals surface area (Å²) in [5, 5.41) is 11.6. The summed E-state index contributed by atoms with van der Waals surface area (Å²) in [4.78, 5) is 26.9. The molecule has 0 aliphatic carbocycles. The lowest BCUT2D eigenvalue weighted by molar-refractivity contribution is -0.138.